The summed E-state index contributed by atoms with van der Waals surface area (Å²) in [5.41, 5.74) is 6.22. The summed E-state index contributed by atoms with van der Waals surface area (Å²) in [5.74, 6) is 1.14. The van der Waals surface area contributed by atoms with E-state index in [-0.39, 0.29) is 12.1 Å². The summed E-state index contributed by atoms with van der Waals surface area (Å²) < 4.78 is 11.8. The minimum atomic E-state index is -0.00263. The van der Waals surface area contributed by atoms with E-state index in [9.17, 15) is 0 Å². The summed E-state index contributed by atoms with van der Waals surface area (Å²) in [4.78, 5) is 14.3. The van der Waals surface area contributed by atoms with Crippen molar-refractivity contribution in [3.05, 3.63) is 100 Å². The summed E-state index contributed by atoms with van der Waals surface area (Å²) in [6.07, 6.45) is 0. The zero-order valence-electron chi connectivity index (χ0n) is 17.1. The molecule has 0 saturated carbocycles. The van der Waals surface area contributed by atoms with Crippen LogP contribution in [0, 0.1) is 13.8 Å². The first-order valence-electron chi connectivity index (χ1n) is 10.2. The van der Waals surface area contributed by atoms with Gasteiger partial charge in [-0.2, -0.15) is 0 Å². The Labute approximate surface area is 176 Å². The number of aromatic nitrogens is 1. The lowest BCUT2D eigenvalue weighted by atomic mass is 10.0. The molecule has 0 saturated heterocycles. The number of ether oxygens (including phenoxy) is 2. The van der Waals surface area contributed by atoms with Gasteiger partial charge in [-0.3, -0.25) is 0 Å². The fourth-order valence-electron chi connectivity index (χ4n) is 3.94. The summed E-state index contributed by atoms with van der Waals surface area (Å²) in [6.45, 7) is 5.25. The fourth-order valence-corrected chi connectivity index (χ4v) is 3.94. The van der Waals surface area contributed by atoms with Gasteiger partial charge in [-0.1, -0.05) is 54.6 Å². The fraction of sp³-hybridized carbons (Fsp3) is 0.240. The molecule has 2 atom stereocenters. The van der Waals surface area contributed by atoms with Gasteiger partial charge in [0.25, 0.3) is 0 Å². The van der Waals surface area contributed by atoms with E-state index < -0.39 is 0 Å². The zero-order chi connectivity index (χ0) is 20.5. The SMILES string of the molecule is Cc1ccccc1[C@@H]1COC(c2cccc(C3=N[C@H](c4ccccc4C)CO3)n2)=N1. The molecule has 0 N–H and O–H groups in total. The van der Waals surface area contributed by atoms with Gasteiger partial charge in [0, 0.05) is 0 Å². The molecule has 2 aliphatic heterocycles. The first kappa shape index (κ1) is 18.6. The number of rotatable bonds is 4. The van der Waals surface area contributed by atoms with Gasteiger partial charge in [-0.05, 0) is 48.2 Å². The van der Waals surface area contributed by atoms with Gasteiger partial charge in [0.15, 0.2) is 0 Å². The van der Waals surface area contributed by atoms with Crippen molar-refractivity contribution in [1.82, 2.24) is 4.98 Å². The molecular weight excluding hydrogens is 374 g/mol. The van der Waals surface area contributed by atoms with Crippen LogP contribution in [0.3, 0.4) is 0 Å². The minimum absolute atomic E-state index is 0.00263. The van der Waals surface area contributed by atoms with Crippen LogP contribution in [0.1, 0.15) is 45.7 Å². The number of aryl methyl sites for hydroxylation is 2. The molecule has 0 aliphatic carbocycles. The Morgan fingerprint density at radius 1 is 0.633 bits per heavy atom. The van der Waals surface area contributed by atoms with Crippen LogP contribution in [0.4, 0.5) is 0 Å². The first-order chi connectivity index (χ1) is 14.7. The molecule has 0 bridgehead atoms. The first-order valence-corrected chi connectivity index (χ1v) is 10.2. The van der Waals surface area contributed by atoms with Crippen LogP contribution in [0.15, 0.2) is 76.7 Å². The van der Waals surface area contributed by atoms with Gasteiger partial charge in [0.05, 0.1) is 0 Å². The van der Waals surface area contributed by atoms with Crippen molar-refractivity contribution in [3.63, 3.8) is 0 Å². The maximum absolute atomic E-state index is 5.89. The third-order valence-corrected chi connectivity index (χ3v) is 5.58. The van der Waals surface area contributed by atoms with Crippen molar-refractivity contribution in [1.29, 1.82) is 0 Å². The van der Waals surface area contributed by atoms with E-state index in [1.165, 1.54) is 22.3 Å². The number of benzene rings is 2. The normalized spacial score (nSPS) is 20.3. The Balaban J connectivity index is 1.40. The highest BCUT2D eigenvalue weighted by Crippen LogP contribution is 2.29. The molecule has 0 amide bonds. The van der Waals surface area contributed by atoms with Crippen LogP contribution in [-0.2, 0) is 9.47 Å². The predicted molar refractivity (Wildman–Crippen MR) is 117 cm³/mol. The van der Waals surface area contributed by atoms with Crippen molar-refractivity contribution in [2.75, 3.05) is 13.2 Å². The molecule has 0 unspecified atom stereocenters. The second-order valence-electron chi connectivity index (χ2n) is 7.64. The third kappa shape index (κ3) is 3.47. The molecule has 0 radical (unpaired) electrons. The Morgan fingerprint density at radius 2 is 1.10 bits per heavy atom. The van der Waals surface area contributed by atoms with E-state index >= 15 is 0 Å². The molecule has 5 nitrogen and oxygen atoms in total. The van der Waals surface area contributed by atoms with Crippen molar-refractivity contribution < 1.29 is 9.47 Å². The Hall–Kier alpha value is -3.47. The number of pyridine rings is 1. The smallest absolute Gasteiger partial charge is 0.236 e. The molecule has 1 aromatic heterocycles. The zero-order valence-corrected chi connectivity index (χ0v) is 17.1. The molecule has 5 heteroatoms. The second-order valence-corrected chi connectivity index (χ2v) is 7.64. The largest absolute Gasteiger partial charge is 0.474 e. The quantitative estimate of drug-likeness (QED) is 0.639. The van der Waals surface area contributed by atoms with Crippen LogP contribution in [0.5, 0.6) is 0 Å². The molecule has 3 heterocycles. The van der Waals surface area contributed by atoms with Crippen LogP contribution in [0.25, 0.3) is 0 Å². The van der Waals surface area contributed by atoms with Crippen molar-refractivity contribution in [2.24, 2.45) is 9.98 Å². The monoisotopic (exact) mass is 397 g/mol. The molecule has 0 spiro atoms. The number of aliphatic imine (C=N–C) groups is 2. The average molecular weight is 397 g/mol. The Bertz CT molecular complexity index is 1070. The van der Waals surface area contributed by atoms with Crippen LogP contribution < -0.4 is 0 Å². The minimum Gasteiger partial charge on any atom is -0.474 e. The predicted octanol–water partition coefficient (Wildman–Crippen LogP) is 4.73. The van der Waals surface area contributed by atoms with Gasteiger partial charge in [-0.15, -0.1) is 0 Å². The van der Waals surface area contributed by atoms with Crippen molar-refractivity contribution >= 4 is 11.8 Å². The molecule has 0 fully saturated rings. The molecule has 3 aromatic rings. The van der Waals surface area contributed by atoms with E-state index in [1.807, 2.05) is 42.5 Å². The van der Waals surface area contributed by atoms with Crippen LogP contribution in [0.2, 0.25) is 0 Å². The van der Waals surface area contributed by atoms with Crippen molar-refractivity contribution in [2.45, 2.75) is 25.9 Å². The highest BCUT2D eigenvalue weighted by Gasteiger charge is 2.26. The summed E-state index contributed by atoms with van der Waals surface area (Å²) in [5, 5.41) is 0. The molecule has 2 aromatic carbocycles. The lowest BCUT2D eigenvalue weighted by Crippen LogP contribution is -2.10. The lowest BCUT2D eigenvalue weighted by Gasteiger charge is -2.08. The molecular formula is C25H23N3O2. The van der Waals surface area contributed by atoms with E-state index in [1.54, 1.807) is 0 Å². The van der Waals surface area contributed by atoms with Gasteiger partial charge >= 0.3 is 0 Å². The molecule has 30 heavy (non-hydrogen) atoms. The molecule has 5 rings (SSSR count). The second kappa shape index (κ2) is 7.75. The van der Waals surface area contributed by atoms with Gasteiger partial charge < -0.3 is 9.47 Å². The summed E-state index contributed by atoms with van der Waals surface area (Å²) >= 11 is 0. The van der Waals surface area contributed by atoms with E-state index in [4.69, 9.17) is 24.4 Å². The average Bonchev–Trinajstić information content (AvgIpc) is 3.45. The maximum atomic E-state index is 5.89. The van der Waals surface area contributed by atoms with Gasteiger partial charge in [0.2, 0.25) is 11.8 Å². The van der Waals surface area contributed by atoms with E-state index in [2.05, 4.69) is 38.1 Å². The topological polar surface area (TPSA) is 56.1 Å². The van der Waals surface area contributed by atoms with Crippen LogP contribution >= 0.6 is 0 Å². The number of hydrogen-bond acceptors (Lipinski definition) is 5. The van der Waals surface area contributed by atoms with E-state index in [0.717, 1.165) is 0 Å². The Morgan fingerprint density at radius 3 is 1.57 bits per heavy atom. The van der Waals surface area contributed by atoms with Gasteiger partial charge in [-0.25, -0.2) is 15.0 Å². The summed E-state index contributed by atoms with van der Waals surface area (Å²) in [6, 6.07) is 22.3. The van der Waals surface area contributed by atoms with Crippen molar-refractivity contribution in [3.8, 4) is 0 Å². The standard InChI is InChI=1S/C25H23N3O2/c1-16-8-3-5-10-18(16)22-14-29-24(27-22)20-12-7-13-21(26-20)25-28-23(15-30-25)19-11-6-4-9-17(19)2/h3-13,22-23H,14-15H2,1-2H3/t22-,23-/m0/s1. The van der Waals surface area contributed by atoms with Crippen LogP contribution in [-0.4, -0.2) is 30.0 Å². The number of hydrogen-bond donors (Lipinski definition) is 0. The lowest BCUT2D eigenvalue weighted by molar-refractivity contribution is 0.317. The van der Waals surface area contributed by atoms with E-state index in [0.29, 0.717) is 36.4 Å². The van der Waals surface area contributed by atoms with Gasteiger partial charge in [0.1, 0.15) is 36.7 Å². The maximum Gasteiger partial charge on any atom is 0.236 e. The highest BCUT2D eigenvalue weighted by molar-refractivity contribution is 5.97. The molecule has 150 valence electrons. The highest BCUT2D eigenvalue weighted by atomic mass is 16.5. The molecule has 2 aliphatic rings. The third-order valence-electron chi connectivity index (χ3n) is 5.58. The number of nitrogens with zero attached hydrogens (tertiary/aromatic N) is 3. The summed E-state index contributed by atoms with van der Waals surface area (Å²) in [7, 11) is 0. The Kier molecular flexibility index (Phi) is 4.79.